The van der Waals surface area contributed by atoms with E-state index in [2.05, 4.69) is 90.4 Å². The molecule has 1 aromatic carbocycles. The average Bonchev–Trinajstić information content (AvgIpc) is 2.08. The molecule has 66 valence electrons. The van der Waals surface area contributed by atoms with Gasteiger partial charge in [0.1, 0.15) is 0 Å². The smallest absolute Gasteiger partial charge is 0.0699 e. The summed E-state index contributed by atoms with van der Waals surface area (Å²) in [7, 11) is 0. The fraction of sp³-hybridized carbons (Fsp3) is 0. The van der Waals surface area contributed by atoms with Crippen LogP contribution in [0.5, 0.6) is 0 Å². The van der Waals surface area contributed by atoms with E-state index in [1.807, 2.05) is 0 Å². The molecule has 0 spiro atoms. The van der Waals surface area contributed by atoms with E-state index in [9.17, 15) is 0 Å². The molecule has 12 heavy (non-hydrogen) atoms. The van der Waals surface area contributed by atoms with Crippen LogP contribution in [0.4, 0.5) is 0 Å². The van der Waals surface area contributed by atoms with E-state index in [4.69, 9.17) is 23.2 Å². The van der Waals surface area contributed by atoms with Crippen LogP contribution >= 0.6 is 114 Å². The van der Waals surface area contributed by atoms with Crippen LogP contribution in [0.1, 0.15) is 0 Å². The number of halogens is 6. The molecule has 0 N–H and O–H groups in total. The van der Waals surface area contributed by atoms with Gasteiger partial charge in [-0.1, -0.05) is 23.2 Å². The molecule has 0 heterocycles. The lowest BCUT2D eigenvalue weighted by Gasteiger charge is -2.07. The highest BCUT2D eigenvalue weighted by atomic mass is 127. The molecule has 0 bridgehead atoms. The maximum absolute atomic E-state index is 6.05. The van der Waals surface area contributed by atoms with E-state index in [1.165, 1.54) is 0 Å². The largest absolute Gasteiger partial charge is 0.0819 e. The summed E-state index contributed by atoms with van der Waals surface area (Å²) in [6.45, 7) is 0. The Balaban J connectivity index is 3.60. The summed E-state index contributed by atoms with van der Waals surface area (Å²) < 4.78 is 4.22. The molecule has 1 aromatic rings. The van der Waals surface area contributed by atoms with Gasteiger partial charge < -0.3 is 0 Å². The first-order valence-corrected chi connectivity index (χ1v) is 7.70. The summed E-state index contributed by atoms with van der Waals surface area (Å²) in [5.74, 6) is 0. The van der Waals surface area contributed by atoms with Gasteiger partial charge >= 0.3 is 0 Å². The lowest BCUT2D eigenvalue weighted by molar-refractivity contribution is 1.48. The van der Waals surface area contributed by atoms with Crippen LogP contribution in [0, 0.1) is 14.3 Å². The maximum atomic E-state index is 6.05. The first-order chi connectivity index (χ1) is 5.46. The quantitative estimate of drug-likeness (QED) is 0.200. The van der Waals surface area contributed by atoms with Gasteiger partial charge in [-0.15, -0.1) is 0 Å². The van der Waals surface area contributed by atoms with Gasteiger partial charge in [0.05, 0.1) is 13.6 Å². The van der Waals surface area contributed by atoms with E-state index < -0.39 is 0 Å². The zero-order valence-electron chi connectivity index (χ0n) is 5.27. The Kier molecular flexibility index (Phi) is 5.51. The third-order valence-electron chi connectivity index (χ3n) is 1.16. The zero-order chi connectivity index (χ0) is 9.46. The summed E-state index contributed by atoms with van der Waals surface area (Å²) in [6, 6.07) is 0. The Labute approximate surface area is 135 Å². The summed E-state index contributed by atoms with van der Waals surface area (Å²) in [4.78, 5) is 0. The molecule has 6 heteroatoms. The van der Waals surface area contributed by atoms with Gasteiger partial charge in [-0.25, -0.2) is 0 Å². The Morgan fingerprint density at radius 2 is 0.917 bits per heavy atom. The molecule has 0 radical (unpaired) electrons. The van der Waals surface area contributed by atoms with Gasteiger partial charge in [-0.05, 0) is 90.4 Å². The van der Waals surface area contributed by atoms with Gasteiger partial charge in [0.25, 0.3) is 0 Å². The molecule has 0 aliphatic rings. The highest BCUT2D eigenvalue weighted by Crippen LogP contribution is 2.38. The monoisotopic (exact) mass is 650 g/mol. The summed E-state index contributed by atoms with van der Waals surface area (Å²) in [6.07, 6.45) is 0. The van der Waals surface area contributed by atoms with Crippen molar-refractivity contribution in [2.45, 2.75) is 0 Å². The lowest BCUT2D eigenvalue weighted by Crippen LogP contribution is -1.92. The third kappa shape index (κ3) is 2.45. The average molecular weight is 651 g/mol. The minimum absolute atomic E-state index is 0.756. The summed E-state index contributed by atoms with van der Waals surface area (Å²) in [5.41, 5.74) is 0. The first-order valence-electron chi connectivity index (χ1n) is 2.63. The van der Waals surface area contributed by atoms with E-state index in [-0.39, 0.29) is 0 Å². The molecule has 1 rings (SSSR count). The molecule has 0 saturated heterocycles. The molecule has 0 fully saturated rings. The molecule has 0 saturated carbocycles. The van der Waals surface area contributed by atoms with Gasteiger partial charge in [-0.3, -0.25) is 0 Å². The highest BCUT2D eigenvalue weighted by Gasteiger charge is 2.15. The fourth-order valence-electron chi connectivity index (χ4n) is 0.578. The zero-order valence-corrected chi connectivity index (χ0v) is 15.4. The normalized spacial score (nSPS) is 10.5. The van der Waals surface area contributed by atoms with Gasteiger partial charge in [0, 0.05) is 10.7 Å². The highest BCUT2D eigenvalue weighted by molar-refractivity contribution is 14.1. The molecule has 0 aliphatic carbocycles. The van der Waals surface area contributed by atoms with Gasteiger partial charge in [-0.2, -0.15) is 0 Å². The third-order valence-corrected chi connectivity index (χ3v) is 9.57. The van der Waals surface area contributed by atoms with Crippen LogP contribution in [0.2, 0.25) is 10.0 Å². The molecular formula is C6Cl2I4. The topological polar surface area (TPSA) is 0 Å². The van der Waals surface area contributed by atoms with Crippen molar-refractivity contribution in [1.82, 2.24) is 0 Å². The summed E-state index contributed by atoms with van der Waals surface area (Å²) in [5, 5.41) is 1.51. The molecule has 0 atom stereocenters. The SMILES string of the molecule is Clc1c(I)c(Cl)c(I)c(I)c1I. The van der Waals surface area contributed by atoms with Crippen LogP contribution in [-0.4, -0.2) is 0 Å². The number of hydrogen-bond donors (Lipinski definition) is 0. The Hall–Kier alpha value is 2.72. The Morgan fingerprint density at radius 1 is 0.583 bits per heavy atom. The maximum Gasteiger partial charge on any atom is 0.0699 e. The second kappa shape index (κ2) is 5.17. The predicted molar refractivity (Wildman–Crippen MR) is 87.3 cm³/mol. The molecule has 0 aromatic heterocycles. The number of rotatable bonds is 0. The minimum atomic E-state index is 0.756. The first kappa shape index (κ1) is 12.8. The molecule has 0 aliphatic heterocycles. The van der Waals surface area contributed by atoms with Crippen molar-refractivity contribution < 1.29 is 0 Å². The van der Waals surface area contributed by atoms with E-state index >= 15 is 0 Å². The second-order valence-electron chi connectivity index (χ2n) is 1.88. The Bertz CT molecular complexity index is 232. The minimum Gasteiger partial charge on any atom is -0.0819 e. The Morgan fingerprint density at radius 3 is 1.25 bits per heavy atom. The standard InChI is InChI=1S/C6Cl2I4/c7-1-3(9)2(8)5(11)6(12)4(1)10. The van der Waals surface area contributed by atoms with Gasteiger partial charge in [0.15, 0.2) is 0 Å². The van der Waals surface area contributed by atoms with Crippen molar-refractivity contribution in [2.24, 2.45) is 0 Å². The van der Waals surface area contributed by atoms with E-state index in [1.54, 1.807) is 0 Å². The lowest BCUT2D eigenvalue weighted by atomic mass is 10.4. The van der Waals surface area contributed by atoms with Crippen molar-refractivity contribution in [2.75, 3.05) is 0 Å². The van der Waals surface area contributed by atoms with Crippen molar-refractivity contribution in [3.63, 3.8) is 0 Å². The predicted octanol–water partition coefficient (Wildman–Crippen LogP) is 5.41. The van der Waals surface area contributed by atoms with Crippen molar-refractivity contribution in [1.29, 1.82) is 0 Å². The molecule has 0 nitrogen and oxygen atoms in total. The van der Waals surface area contributed by atoms with E-state index in [0.29, 0.717) is 0 Å². The fourth-order valence-corrected chi connectivity index (χ4v) is 5.03. The molecule has 0 amide bonds. The van der Waals surface area contributed by atoms with Crippen molar-refractivity contribution in [3.8, 4) is 0 Å². The number of hydrogen-bond acceptors (Lipinski definition) is 0. The van der Waals surface area contributed by atoms with Crippen LogP contribution < -0.4 is 0 Å². The van der Waals surface area contributed by atoms with Crippen LogP contribution in [0.3, 0.4) is 0 Å². The van der Waals surface area contributed by atoms with Crippen LogP contribution in [0.25, 0.3) is 0 Å². The summed E-state index contributed by atoms with van der Waals surface area (Å²) >= 11 is 21.0. The van der Waals surface area contributed by atoms with E-state index in [0.717, 1.165) is 24.3 Å². The van der Waals surface area contributed by atoms with Crippen molar-refractivity contribution >= 4 is 114 Å². The van der Waals surface area contributed by atoms with Crippen molar-refractivity contribution in [3.05, 3.63) is 24.3 Å². The molecular weight excluding hydrogens is 651 g/mol. The molecule has 0 unspecified atom stereocenters. The number of benzene rings is 1. The van der Waals surface area contributed by atoms with Crippen LogP contribution in [-0.2, 0) is 0 Å². The van der Waals surface area contributed by atoms with Gasteiger partial charge in [0.2, 0.25) is 0 Å². The van der Waals surface area contributed by atoms with Crippen LogP contribution in [0.15, 0.2) is 0 Å². The second-order valence-corrected chi connectivity index (χ2v) is 6.95.